The lowest BCUT2D eigenvalue weighted by Gasteiger charge is -2.08. The Morgan fingerprint density at radius 2 is 2.12 bits per heavy atom. The van der Waals surface area contributed by atoms with Gasteiger partial charge in [-0.05, 0) is 19.1 Å². The number of hydrogen-bond donors (Lipinski definition) is 1. The third kappa shape index (κ3) is 1.95. The summed E-state index contributed by atoms with van der Waals surface area (Å²) in [5.74, 6) is 0.717. The summed E-state index contributed by atoms with van der Waals surface area (Å²) < 4.78 is 5.24. The number of hydrogen-bond acceptors (Lipinski definition) is 3. The van der Waals surface area contributed by atoms with E-state index in [1.54, 1.807) is 13.3 Å². The van der Waals surface area contributed by atoms with Crippen molar-refractivity contribution in [2.45, 2.75) is 6.92 Å². The summed E-state index contributed by atoms with van der Waals surface area (Å²) in [4.78, 5) is 17.8. The third-order valence-corrected chi connectivity index (χ3v) is 2.30. The maximum Gasteiger partial charge on any atom is 0.266 e. The van der Waals surface area contributed by atoms with Crippen LogP contribution in [-0.2, 0) is 0 Å². The van der Waals surface area contributed by atoms with Gasteiger partial charge in [-0.25, -0.2) is 0 Å². The topological polar surface area (TPSA) is 55.0 Å². The Morgan fingerprint density at radius 3 is 2.81 bits per heavy atom. The molecule has 0 aliphatic rings. The van der Waals surface area contributed by atoms with Gasteiger partial charge in [-0.15, -0.1) is 0 Å². The van der Waals surface area contributed by atoms with Gasteiger partial charge in [0.15, 0.2) is 0 Å². The quantitative estimate of drug-likeness (QED) is 0.832. The van der Waals surface area contributed by atoms with E-state index in [0.29, 0.717) is 11.4 Å². The van der Waals surface area contributed by atoms with Crippen LogP contribution in [0.25, 0.3) is 11.3 Å². The van der Waals surface area contributed by atoms with Crippen molar-refractivity contribution in [3.05, 3.63) is 46.5 Å². The molecule has 0 saturated carbocycles. The van der Waals surface area contributed by atoms with Crippen LogP contribution in [0.15, 0.2) is 35.4 Å². The second-order valence-corrected chi connectivity index (χ2v) is 3.51. The van der Waals surface area contributed by atoms with Gasteiger partial charge in [0.1, 0.15) is 5.75 Å². The number of rotatable bonds is 2. The molecule has 4 nitrogen and oxygen atoms in total. The largest absolute Gasteiger partial charge is 0.496 e. The molecule has 1 heterocycles. The minimum Gasteiger partial charge on any atom is -0.496 e. The second-order valence-electron chi connectivity index (χ2n) is 3.51. The monoisotopic (exact) mass is 216 g/mol. The molecule has 0 bridgehead atoms. The van der Waals surface area contributed by atoms with Crippen LogP contribution in [0.2, 0.25) is 0 Å². The van der Waals surface area contributed by atoms with Crippen LogP contribution in [0.1, 0.15) is 5.56 Å². The van der Waals surface area contributed by atoms with Crippen LogP contribution in [0.4, 0.5) is 0 Å². The highest BCUT2D eigenvalue weighted by molar-refractivity contribution is 5.67. The molecule has 0 aliphatic heterocycles. The lowest BCUT2D eigenvalue weighted by molar-refractivity contribution is 0.416. The van der Waals surface area contributed by atoms with Gasteiger partial charge in [0.05, 0.1) is 25.2 Å². The van der Waals surface area contributed by atoms with Crippen LogP contribution >= 0.6 is 0 Å². The van der Waals surface area contributed by atoms with Crippen molar-refractivity contribution in [3.63, 3.8) is 0 Å². The molecule has 16 heavy (non-hydrogen) atoms. The first-order valence-corrected chi connectivity index (χ1v) is 4.90. The van der Waals surface area contributed by atoms with E-state index in [0.717, 1.165) is 11.1 Å². The summed E-state index contributed by atoms with van der Waals surface area (Å²) in [7, 11) is 1.60. The van der Waals surface area contributed by atoms with Crippen molar-refractivity contribution < 1.29 is 4.74 Å². The zero-order valence-electron chi connectivity index (χ0n) is 9.15. The van der Waals surface area contributed by atoms with Gasteiger partial charge in [-0.3, -0.25) is 9.78 Å². The smallest absolute Gasteiger partial charge is 0.266 e. The summed E-state index contributed by atoms with van der Waals surface area (Å²) in [6.45, 7) is 1.98. The van der Waals surface area contributed by atoms with Crippen LogP contribution in [0.5, 0.6) is 5.75 Å². The first-order chi connectivity index (χ1) is 7.70. The highest BCUT2D eigenvalue weighted by Gasteiger charge is 2.06. The fourth-order valence-electron chi connectivity index (χ4n) is 1.55. The highest BCUT2D eigenvalue weighted by Crippen LogP contribution is 2.28. The fraction of sp³-hybridized carbons (Fsp3) is 0.167. The lowest BCUT2D eigenvalue weighted by atomic mass is 10.1. The van der Waals surface area contributed by atoms with Crippen molar-refractivity contribution in [3.8, 4) is 17.0 Å². The SMILES string of the molecule is COc1ccc(C)cc1-c1cncc(=O)[nH]1. The number of aromatic amines is 1. The first-order valence-electron chi connectivity index (χ1n) is 4.90. The number of nitrogens with zero attached hydrogens (tertiary/aromatic N) is 1. The number of aromatic nitrogens is 2. The van der Waals surface area contributed by atoms with Gasteiger partial charge < -0.3 is 9.72 Å². The zero-order valence-corrected chi connectivity index (χ0v) is 9.15. The molecule has 1 aromatic carbocycles. The molecule has 1 aromatic heterocycles. The number of methoxy groups -OCH3 is 1. The maximum atomic E-state index is 11.2. The Morgan fingerprint density at radius 1 is 1.31 bits per heavy atom. The van der Waals surface area contributed by atoms with E-state index in [2.05, 4.69) is 9.97 Å². The van der Waals surface area contributed by atoms with Crippen molar-refractivity contribution in [1.82, 2.24) is 9.97 Å². The van der Waals surface area contributed by atoms with Gasteiger partial charge in [-0.1, -0.05) is 11.6 Å². The molecule has 4 heteroatoms. The van der Waals surface area contributed by atoms with Gasteiger partial charge in [0.25, 0.3) is 5.56 Å². The molecule has 2 rings (SSSR count). The van der Waals surface area contributed by atoms with E-state index in [9.17, 15) is 4.79 Å². The predicted molar refractivity (Wildman–Crippen MR) is 61.6 cm³/mol. The number of ether oxygens (including phenoxy) is 1. The van der Waals surface area contributed by atoms with Crippen molar-refractivity contribution >= 4 is 0 Å². The van der Waals surface area contributed by atoms with Crippen molar-refractivity contribution in [1.29, 1.82) is 0 Å². The molecule has 0 radical (unpaired) electrons. The molecule has 1 N–H and O–H groups in total. The number of nitrogens with one attached hydrogen (secondary N) is 1. The van der Waals surface area contributed by atoms with E-state index in [1.807, 2.05) is 25.1 Å². The van der Waals surface area contributed by atoms with Gasteiger partial charge in [-0.2, -0.15) is 0 Å². The second kappa shape index (κ2) is 4.18. The Hall–Kier alpha value is -2.10. The molecule has 0 fully saturated rings. The maximum absolute atomic E-state index is 11.2. The summed E-state index contributed by atoms with van der Waals surface area (Å²) in [5.41, 5.74) is 2.38. The van der Waals surface area contributed by atoms with Gasteiger partial charge >= 0.3 is 0 Å². The number of benzene rings is 1. The Bertz CT molecular complexity index is 561. The highest BCUT2D eigenvalue weighted by atomic mass is 16.5. The average molecular weight is 216 g/mol. The number of H-pyrrole nitrogens is 1. The lowest BCUT2D eigenvalue weighted by Crippen LogP contribution is -2.06. The van der Waals surface area contributed by atoms with E-state index in [1.165, 1.54) is 6.20 Å². The molecular formula is C12H12N2O2. The average Bonchev–Trinajstić information content (AvgIpc) is 2.29. The molecule has 0 unspecified atom stereocenters. The molecule has 2 aromatic rings. The Labute approximate surface area is 92.9 Å². The first kappa shape index (κ1) is 10.4. The summed E-state index contributed by atoms with van der Waals surface area (Å²) >= 11 is 0. The van der Waals surface area contributed by atoms with Crippen molar-refractivity contribution in [2.75, 3.05) is 7.11 Å². The van der Waals surface area contributed by atoms with E-state index >= 15 is 0 Å². The number of aryl methyl sites for hydroxylation is 1. The van der Waals surface area contributed by atoms with Gasteiger partial charge in [0, 0.05) is 5.56 Å². The summed E-state index contributed by atoms with van der Waals surface area (Å²) in [6.07, 6.45) is 2.85. The normalized spacial score (nSPS) is 10.1. The molecular weight excluding hydrogens is 204 g/mol. The third-order valence-electron chi connectivity index (χ3n) is 2.30. The fourth-order valence-corrected chi connectivity index (χ4v) is 1.55. The summed E-state index contributed by atoms with van der Waals surface area (Å²) in [6, 6.07) is 5.78. The van der Waals surface area contributed by atoms with E-state index < -0.39 is 0 Å². The van der Waals surface area contributed by atoms with E-state index in [4.69, 9.17) is 4.74 Å². The molecule has 0 spiro atoms. The van der Waals surface area contributed by atoms with Crippen LogP contribution in [-0.4, -0.2) is 17.1 Å². The molecule has 82 valence electrons. The van der Waals surface area contributed by atoms with Crippen LogP contribution in [0.3, 0.4) is 0 Å². The predicted octanol–water partition coefficient (Wildman–Crippen LogP) is 1.75. The van der Waals surface area contributed by atoms with Gasteiger partial charge in [0.2, 0.25) is 0 Å². The molecule has 0 amide bonds. The van der Waals surface area contributed by atoms with Crippen molar-refractivity contribution in [2.24, 2.45) is 0 Å². The van der Waals surface area contributed by atoms with Crippen LogP contribution in [0, 0.1) is 6.92 Å². The summed E-state index contributed by atoms with van der Waals surface area (Å²) in [5, 5.41) is 0. The molecule has 0 aliphatic carbocycles. The minimum absolute atomic E-state index is 0.221. The molecule has 0 saturated heterocycles. The standard InChI is InChI=1S/C12H12N2O2/c1-8-3-4-11(16-2)9(5-8)10-6-13-7-12(15)14-10/h3-7H,1-2H3,(H,14,15). The Kier molecular flexibility index (Phi) is 2.72. The molecule has 0 atom stereocenters. The van der Waals surface area contributed by atoms with Crippen LogP contribution < -0.4 is 10.3 Å². The zero-order chi connectivity index (χ0) is 11.5. The Balaban J connectivity index is 2.62. The van der Waals surface area contributed by atoms with E-state index in [-0.39, 0.29) is 5.56 Å². The minimum atomic E-state index is -0.221.